The topological polar surface area (TPSA) is 32.3 Å². The van der Waals surface area contributed by atoms with E-state index in [9.17, 15) is 4.79 Å². The first-order valence-electron chi connectivity index (χ1n) is 6.27. The molecule has 0 radical (unpaired) electrons. The molecular weight excluding hydrogens is 188 g/mol. The summed E-state index contributed by atoms with van der Waals surface area (Å²) in [6.45, 7) is 4.98. The zero-order chi connectivity index (χ0) is 10.7. The van der Waals surface area contributed by atoms with Gasteiger partial charge >= 0.3 is 0 Å². The molecule has 15 heavy (non-hydrogen) atoms. The molecule has 3 nitrogen and oxygen atoms in total. The van der Waals surface area contributed by atoms with Gasteiger partial charge in [0.2, 0.25) is 5.91 Å². The number of amides is 1. The van der Waals surface area contributed by atoms with Crippen molar-refractivity contribution in [1.82, 2.24) is 10.2 Å². The van der Waals surface area contributed by atoms with E-state index in [4.69, 9.17) is 0 Å². The second-order valence-electron chi connectivity index (χ2n) is 4.86. The molecule has 1 atom stereocenters. The van der Waals surface area contributed by atoms with Crippen LogP contribution in [-0.4, -0.2) is 36.5 Å². The largest absolute Gasteiger partial charge is 0.340 e. The number of hydrogen-bond acceptors (Lipinski definition) is 2. The van der Waals surface area contributed by atoms with Crippen LogP contribution in [0.4, 0.5) is 0 Å². The van der Waals surface area contributed by atoms with Gasteiger partial charge in [-0.2, -0.15) is 0 Å². The number of rotatable bonds is 1. The van der Waals surface area contributed by atoms with Crippen molar-refractivity contribution < 1.29 is 4.79 Å². The second-order valence-corrected chi connectivity index (χ2v) is 4.86. The molecular formula is C12H22N2O. The van der Waals surface area contributed by atoms with E-state index in [0.717, 1.165) is 25.6 Å². The molecule has 2 heterocycles. The number of piperidine rings is 2. The van der Waals surface area contributed by atoms with Crippen molar-refractivity contribution in [2.24, 2.45) is 5.92 Å². The predicted molar refractivity (Wildman–Crippen MR) is 60.6 cm³/mol. The van der Waals surface area contributed by atoms with Crippen molar-refractivity contribution in [3.05, 3.63) is 0 Å². The highest BCUT2D eigenvalue weighted by molar-refractivity contribution is 5.73. The molecule has 2 rings (SSSR count). The molecule has 1 amide bonds. The summed E-state index contributed by atoms with van der Waals surface area (Å²) in [6.07, 6.45) is 6.21. The third-order valence-electron chi connectivity index (χ3n) is 3.88. The third-order valence-corrected chi connectivity index (χ3v) is 3.88. The highest BCUT2D eigenvalue weighted by atomic mass is 16.2. The molecule has 0 spiro atoms. The van der Waals surface area contributed by atoms with Crippen LogP contribution in [0.2, 0.25) is 0 Å². The fourth-order valence-corrected chi connectivity index (χ4v) is 3.07. The fourth-order valence-electron chi connectivity index (χ4n) is 3.07. The van der Waals surface area contributed by atoms with Crippen LogP contribution in [0.5, 0.6) is 0 Å². The summed E-state index contributed by atoms with van der Waals surface area (Å²) in [7, 11) is 0. The van der Waals surface area contributed by atoms with Gasteiger partial charge in [-0.05, 0) is 51.1 Å². The number of carbonyl (C=O) groups is 1. The summed E-state index contributed by atoms with van der Waals surface area (Å²) >= 11 is 0. The average molecular weight is 210 g/mol. The van der Waals surface area contributed by atoms with Gasteiger partial charge < -0.3 is 10.2 Å². The summed E-state index contributed by atoms with van der Waals surface area (Å²) in [5.74, 6) is 1.02. The Morgan fingerprint density at radius 2 is 1.93 bits per heavy atom. The predicted octanol–water partition coefficient (Wildman–Crippen LogP) is 1.39. The maximum absolute atomic E-state index is 11.6. The third kappa shape index (κ3) is 2.51. The van der Waals surface area contributed by atoms with Gasteiger partial charge in [0.25, 0.3) is 0 Å². The SMILES string of the molecule is CC(=O)N1CCCCC1C1CCNCC1. The van der Waals surface area contributed by atoms with Gasteiger partial charge in [-0.25, -0.2) is 0 Å². The van der Waals surface area contributed by atoms with E-state index in [1.54, 1.807) is 6.92 Å². The zero-order valence-electron chi connectivity index (χ0n) is 9.67. The first kappa shape index (κ1) is 10.9. The first-order chi connectivity index (χ1) is 7.29. The van der Waals surface area contributed by atoms with Crippen LogP contribution in [0.15, 0.2) is 0 Å². The Hall–Kier alpha value is -0.570. The quantitative estimate of drug-likeness (QED) is 0.709. The van der Waals surface area contributed by atoms with Crippen LogP contribution in [0.3, 0.4) is 0 Å². The molecule has 0 aromatic carbocycles. The van der Waals surface area contributed by atoms with Crippen LogP contribution in [0.1, 0.15) is 39.0 Å². The Kier molecular flexibility index (Phi) is 3.62. The Morgan fingerprint density at radius 1 is 1.20 bits per heavy atom. The van der Waals surface area contributed by atoms with Gasteiger partial charge in [0.05, 0.1) is 0 Å². The molecule has 2 aliphatic heterocycles. The summed E-state index contributed by atoms with van der Waals surface area (Å²) < 4.78 is 0. The Morgan fingerprint density at radius 3 is 2.60 bits per heavy atom. The number of hydrogen-bond donors (Lipinski definition) is 1. The van der Waals surface area contributed by atoms with E-state index >= 15 is 0 Å². The first-order valence-corrected chi connectivity index (χ1v) is 6.27. The average Bonchev–Trinajstić information content (AvgIpc) is 2.30. The monoisotopic (exact) mass is 210 g/mol. The van der Waals surface area contributed by atoms with E-state index < -0.39 is 0 Å². The van der Waals surface area contributed by atoms with Crippen LogP contribution < -0.4 is 5.32 Å². The molecule has 0 aromatic rings. The van der Waals surface area contributed by atoms with Crippen molar-refractivity contribution in [1.29, 1.82) is 0 Å². The molecule has 0 saturated carbocycles. The molecule has 1 N–H and O–H groups in total. The van der Waals surface area contributed by atoms with Crippen LogP contribution in [0, 0.1) is 5.92 Å². The highest BCUT2D eigenvalue weighted by Gasteiger charge is 2.31. The van der Waals surface area contributed by atoms with Gasteiger partial charge in [-0.15, -0.1) is 0 Å². The van der Waals surface area contributed by atoms with Gasteiger partial charge in [-0.3, -0.25) is 4.79 Å². The smallest absolute Gasteiger partial charge is 0.219 e. The van der Waals surface area contributed by atoms with E-state index in [0.29, 0.717) is 6.04 Å². The van der Waals surface area contributed by atoms with Gasteiger partial charge in [0, 0.05) is 19.5 Å². The molecule has 0 aliphatic carbocycles. The molecule has 2 aliphatic rings. The lowest BCUT2D eigenvalue weighted by molar-refractivity contribution is -0.134. The van der Waals surface area contributed by atoms with Crippen LogP contribution in [0.25, 0.3) is 0 Å². The fraction of sp³-hybridized carbons (Fsp3) is 0.917. The van der Waals surface area contributed by atoms with E-state index in [2.05, 4.69) is 10.2 Å². The standard InChI is InChI=1S/C12H22N2O/c1-10(15)14-9-3-2-4-12(14)11-5-7-13-8-6-11/h11-13H,2-9H2,1H3. The Labute approximate surface area is 92.2 Å². The van der Waals surface area contributed by atoms with Crippen molar-refractivity contribution in [3.8, 4) is 0 Å². The second kappa shape index (κ2) is 4.97. The summed E-state index contributed by atoms with van der Waals surface area (Å²) in [6, 6.07) is 0.540. The maximum Gasteiger partial charge on any atom is 0.219 e. The van der Waals surface area contributed by atoms with Crippen LogP contribution in [-0.2, 0) is 4.79 Å². The number of nitrogens with one attached hydrogen (secondary N) is 1. The summed E-state index contributed by atoms with van der Waals surface area (Å²) in [5, 5.41) is 3.39. The normalized spacial score (nSPS) is 29.1. The minimum absolute atomic E-state index is 0.276. The van der Waals surface area contributed by atoms with E-state index in [1.807, 2.05) is 0 Å². The molecule has 2 fully saturated rings. The van der Waals surface area contributed by atoms with Gasteiger partial charge in [0.15, 0.2) is 0 Å². The lowest BCUT2D eigenvalue weighted by Gasteiger charge is -2.41. The summed E-state index contributed by atoms with van der Waals surface area (Å²) in [5.41, 5.74) is 0. The minimum Gasteiger partial charge on any atom is -0.340 e. The number of nitrogens with zero attached hydrogens (tertiary/aromatic N) is 1. The molecule has 3 heteroatoms. The number of likely N-dealkylation sites (tertiary alicyclic amines) is 1. The van der Waals surface area contributed by atoms with Crippen LogP contribution >= 0.6 is 0 Å². The summed E-state index contributed by atoms with van der Waals surface area (Å²) in [4.78, 5) is 13.7. The molecule has 2 saturated heterocycles. The molecule has 1 unspecified atom stereocenters. The maximum atomic E-state index is 11.6. The molecule has 86 valence electrons. The van der Waals surface area contributed by atoms with Crippen molar-refractivity contribution >= 4 is 5.91 Å². The molecule has 0 aromatic heterocycles. The van der Waals surface area contributed by atoms with E-state index in [1.165, 1.54) is 32.1 Å². The Bertz CT molecular complexity index is 224. The Balaban J connectivity index is 1.99. The van der Waals surface area contributed by atoms with Crippen molar-refractivity contribution in [2.45, 2.75) is 45.1 Å². The van der Waals surface area contributed by atoms with Crippen molar-refractivity contribution in [2.75, 3.05) is 19.6 Å². The zero-order valence-corrected chi connectivity index (χ0v) is 9.67. The molecule has 0 bridgehead atoms. The van der Waals surface area contributed by atoms with Gasteiger partial charge in [-0.1, -0.05) is 0 Å². The highest BCUT2D eigenvalue weighted by Crippen LogP contribution is 2.28. The van der Waals surface area contributed by atoms with Gasteiger partial charge in [0.1, 0.15) is 0 Å². The lowest BCUT2D eigenvalue weighted by atomic mass is 9.84. The van der Waals surface area contributed by atoms with Crippen molar-refractivity contribution in [3.63, 3.8) is 0 Å². The minimum atomic E-state index is 0.276. The number of carbonyl (C=O) groups excluding carboxylic acids is 1. The lowest BCUT2D eigenvalue weighted by Crippen LogP contribution is -2.49. The van der Waals surface area contributed by atoms with E-state index in [-0.39, 0.29) is 5.91 Å².